The first kappa shape index (κ1) is 13.2. The monoisotopic (exact) mass is 234 g/mol. The first-order valence-corrected chi connectivity index (χ1v) is 4.64. The van der Waals surface area contributed by atoms with Gasteiger partial charge in [0.2, 0.25) is 0 Å². The first-order valence-electron chi connectivity index (χ1n) is 3.88. The van der Waals surface area contributed by atoms with Gasteiger partial charge in [-0.25, -0.2) is 0 Å². The molecule has 78 valence electrons. The smallest absolute Gasteiger partial charge is 0.252 e. The fourth-order valence-electron chi connectivity index (χ4n) is 0.927. The van der Waals surface area contributed by atoms with Gasteiger partial charge >= 0.3 is 0 Å². The van der Waals surface area contributed by atoms with Crippen LogP contribution in [0.25, 0.3) is 0 Å². The summed E-state index contributed by atoms with van der Waals surface area (Å²) in [5.41, 5.74) is 0.413. The van der Waals surface area contributed by atoms with Gasteiger partial charge in [-0.05, 0) is 25.1 Å². The van der Waals surface area contributed by atoms with Crippen LogP contribution in [0.2, 0.25) is 10.0 Å². The maximum absolute atomic E-state index is 11.4. The average Bonchev–Trinajstić information content (AvgIpc) is 2.09. The number of amides is 1. The van der Waals surface area contributed by atoms with Gasteiger partial charge in [-0.3, -0.25) is 4.79 Å². The molecule has 0 aromatic heterocycles. The van der Waals surface area contributed by atoms with Crippen molar-refractivity contribution < 1.29 is 4.79 Å². The van der Waals surface area contributed by atoms with Gasteiger partial charge < -0.3 is 11.5 Å². The lowest BCUT2D eigenvalue weighted by atomic mass is 10.2. The van der Waals surface area contributed by atoms with Crippen molar-refractivity contribution in [2.24, 2.45) is 0 Å². The Balaban J connectivity index is 0.00000169. The van der Waals surface area contributed by atoms with Crippen LogP contribution in [-0.4, -0.2) is 12.5 Å². The van der Waals surface area contributed by atoms with E-state index in [1.165, 1.54) is 0 Å². The predicted molar refractivity (Wildman–Crippen MR) is 59.5 cm³/mol. The zero-order valence-corrected chi connectivity index (χ0v) is 9.32. The lowest BCUT2D eigenvalue weighted by Gasteiger charge is -2.04. The van der Waals surface area contributed by atoms with Gasteiger partial charge in [-0.1, -0.05) is 23.2 Å². The molecule has 5 heteroatoms. The molecule has 0 saturated carbocycles. The van der Waals surface area contributed by atoms with Crippen molar-refractivity contribution in [1.29, 1.82) is 0 Å². The number of carbonyl (C=O) groups excluding carboxylic acids is 1. The summed E-state index contributed by atoms with van der Waals surface area (Å²) in [6.07, 6.45) is 0. The van der Waals surface area contributed by atoms with E-state index in [0.717, 1.165) is 0 Å². The van der Waals surface area contributed by atoms with E-state index >= 15 is 0 Å². The third-order valence-electron chi connectivity index (χ3n) is 1.51. The van der Waals surface area contributed by atoms with E-state index < -0.39 is 0 Å². The van der Waals surface area contributed by atoms with Crippen LogP contribution in [0.4, 0.5) is 0 Å². The minimum atomic E-state index is -0.199. The van der Waals surface area contributed by atoms with Gasteiger partial charge in [-0.2, -0.15) is 0 Å². The summed E-state index contributed by atoms with van der Waals surface area (Å²) in [4.78, 5) is 11.4. The van der Waals surface area contributed by atoms with Crippen molar-refractivity contribution in [1.82, 2.24) is 11.5 Å². The Morgan fingerprint density at radius 1 is 1.43 bits per heavy atom. The van der Waals surface area contributed by atoms with Gasteiger partial charge in [0.15, 0.2) is 0 Å². The largest absolute Gasteiger partial charge is 0.352 e. The lowest BCUT2D eigenvalue weighted by Crippen LogP contribution is -2.22. The summed E-state index contributed by atoms with van der Waals surface area (Å²) < 4.78 is 0. The Kier molecular flexibility index (Phi) is 5.53. The molecule has 1 aromatic carbocycles. The fourth-order valence-corrected chi connectivity index (χ4v) is 1.30. The van der Waals surface area contributed by atoms with Crippen LogP contribution in [-0.2, 0) is 0 Å². The molecule has 0 heterocycles. The van der Waals surface area contributed by atoms with Gasteiger partial charge in [0.1, 0.15) is 0 Å². The SMILES string of the molecule is CCNC(=O)c1cc(Cl)ccc1Cl.N. The molecule has 1 amide bonds. The van der Waals surface area contributed by atoms with E-state index in [0.29, 0.717) is 22.2 Å². The molecule has 0 saturated heterocycles. The Bertz CT molecular complexity index is 329. The van der Waals surface area contributed by atoms with Crippen molar-refractivity contribution in [2.75, 3.05) is 6.54 Å². The highest BCUT2D eigenvalue weighted by atomic mass is 35.5. The first-order chi connectivity index (χ1) is 6.15. The third-order valence-corrected chi connectivity index (χ3v) is 2.08. The second kappa shape index (κ2) is 5.86. The number of hydrogen-bond donors (Lipinski definition) is 2. The van der Waals surface area contributed by atoms with Gasteiger partial charge in [0.25, 0.3) is 5.91 Å². The molecule has 0 fully saturated rings. The fraction of sp³-hybridized carbons (Fsp3) is 0.222. The quantitative estimate of drug-likeness (QED) is 0.827. The van der Waals surface area contributed by atoms with Crippen LogP contribution < -0.4 is 11.5 Å². The molecule has 0 atom stereocenters. The maximum Gasteiger partial charge on any atom is 0.252 e. The molecular weight excluding hydrogens is 223 g/mol. The van der Waals surface area contributed by atoms with Crippen LogP contribution in [0.5, 0.6) is 0 Å². The molecular formula is C9H12Cl2N2O. The summed E-state index contributed by atoms with van der Waals surface area (Å²) in [6, 6.07) is 4.80. The van der Waals surface area contributed by atoms with Crippen LogP contribution in [0.3, 0.4) is 0 Å². The normalized spacial score (nSPS) is 9.07. The van der Waals surface area contributed by atoms with E-state index in [2.05, 4.69) is 5.32 Å². The Hall–Kier alpha value is -0.770. The van der Waals surface area contributed by atoms with Crippen molar-refractivity contribution in [3.8, 4) is 0 Å². The molecule has 4 N–H and O–H groups in total. The highest BCUT2D eigenvalue weighted by molar-refractivity contribution is 6.35. The van der Waals surface area contributed by atoms with Crippen molar-refractivity contribution in [3.05, 3.63) is 33.8 Å². The molecule has 1 rings (SSSR count). The second-order valence-corrected chi connectivity index (χ2v) is 3.33. The van der Waals surface area contributed by atoms with Gasteiger partial charge in [0, 0.05) is 11.6 Å². The Morgan fingerprint density at radius 3 is 2.64 bits per heavy atom. The van der Waals surface area contributed by atoms with Crippen molar-refractivity contribution in [3.63, 3.8) is 0 Å². The number of rotatable bonds is 2. The molecule has 0 aliphatic rings. The lowest BCUT2D eigenvalue weighted by molar-refractivity contribution is 0.0956. The summed E-state index contributed by atoms with van der Waals surface area (Å²) in [6.45, 7) is 2.41. The molecule has 3 nitrogen and oxygen atoms in total. The van der Waals surface area contributed by atoms with E-state index in [9.17, 15) is 4.79 Å². The number of hydrogen-bond acceptors (Lipinski definition) is 2. The number of carbonyl (C=O) groups is 1. The topological polar surface area (TPSA) is 64.1 Å². The summed E-state index contributed by atoms with van der Waals surface area (Å²) in [5.74, 6) is -0.199. The minimum absolute atomic E-state index is 0. The zero-order chi connectivity index (χ0) is 9.84. The zero-order valence-electron chi connectivity index (χ0n) is 7.81. The predicted octanol–water partition coefficient (Wildman–Crippen LogP) is 2.91. The number of nitrogens with one attached hydrogen (secondary N) is 1. The summed E-state index contributed by atoms with van der Waals surface area (Å²) >= 11 is 11.5. The molecule has 0 spiro atoms. The second-order valence-electron chi connectivity index (χ2n) is 2.48. The molecule has 0 radical (unpaired) electrons. The molecule has 0 aliphatic heterocycles. The number of halogens is 2. The molecule has 1 aromatic rings. The molecule has 0 bridgehead atoms. The van der Waals surface area contributed by atoms with Crippen LogP contribution in [0.1, 0.15) is 17.3 Å². The van der Waals surface area contributed by atoms with E-state index in [1.807, 2.05) is 6.92 Å². The summed E-state index contributed by atoms with van der Waals surface area (Å²) in [5, 5.41) is 3.57. The van der Waals surface area contributed by atoms with E-state index in [-0.39, 0.29) is 12.1 Å². The molecule has 14 heavy (non-hydrogen) atoms. The standard InChI is InChI=1S/C9H9Cl2NO.H3N/c1-2-12-9(13)7-5-6(10)3-4-8(7)11;/h3-5H,2H2,1H3,(H,12,13);1H3. The minimum Gasteiger partial charge on any atom is -0.352 e. The van der Waals surface area contributed by atoms with Gasteiger partial charge in [0.05, 0.1) is 10.6 Å². The van der Waals surface area contributed by atoms with E-state index in [4.69, 9.17) is 23.2 Å². The molecule has 0 aliphatic carbocycles. The Morgan fingerprint density at radius 2 is 2.07 bits per heavy atom. The van der Waals surface area contributed by atoms with Crippen LogP contribution in [0, 0.1) is 0 Å². The molecule has 0 unspecified atom stereocenters. The number of benzene rings is 1. The van der Waals surface area contributed by atoms with Crippen molar-refractivity contribution >= 4 is 29.1 Å². The van der Waals surface area contributed by atoms with Gasteiger partial charge in [-0.15, -0.1) is 0 Å². The van der Waals surface area contributed by atoms with Crippen LogP contribution >= 0.6 is 23.2 Å². The Labute approximate surface area is 93.0 Å². The summed E-state index contributed by atoms with van der Waals surface area (Å²) in [7, 11) is 0. The maximum atomic E-state index is 11.4. The van der Waals surface area contributed by atoms with E-state index in [1.54, 1.807) is 18.2 Å². The average molecular weight is 235 g/mol. The van der Waals surface area contributed by atoms with Crippen LogP contribution in [0.15, 0.2) is 18.2 Å². The highest BCUT2D eigenvalue weighted by Gasteiger charge is 2.08. The highest BCUT2D eigenvalue weighted by Crippen LogP contribution is 2.20. The third kappa shape index (κ3) is 3.18. The van der Waals surface area contributed by atoms with Crippen molar-refractivity contribution in [2.45, 2.75) is 6.92 Å².